The van der Waals surface area contributed by atoms with Crippen molar-refractivity contribution in [3.8, 4) is 90.2 Å². The van der Waals surface area contributed by atoms with Crippen LogP contribution in [0.3, 0.4) is 0 Å². The van der Waals surface area contributed by atoms with Crippen molar-refractivity contribution in [2.45, 2.75) is 13.8 Å². The fourth-order valence-corrected chi connectivity index (χ4v) is 19.3. The van der Waals surface area contributed by atoms with Crippen molar-refractivity contribution in [2.75, 3.05) is 0 Å². The van der Waals surface area contributed by atoms with Gasteiger partial charge in [-0.3, -0.25) is 9.55 Å². The van der Waals surface area contributed by atoms with Crippen molar-refractivity contribution in [1.82, 2.24) is 19.1 Å². The molecule has 0 bridgehead atoms. The Balaban J connectivity index is 0.000000153. The van der Waals surface area contributed by atoms with Gasteiger partial charge in [-0.05, 0) is 101 Å². The first-order valence-electron chi connectivity index (χ1n) is 35.8. The zero-order valence-corrected chi connectivity index (χ0v) is 68.0. The molecule has 109 heavy (non-hydrogen) atoms. The summed E-state index contributed by atoms with van der Waals surface area (Å²) in [5.74, 6) is 3.22. The van der Waals surface area contributed by atoms with E-state index in [4.69, 9.17) is 19.0 Å². The number of hydrogen-bond acceptors (Lipinski definition) is 4. The van der Waals surface area contributed by atoms with Crippen LogP contribution in [0.5, 0.6) is 11.5 Å². The monoisotopic (exact) mass is 1820 g/mol. The predicted octanol–water partition coefficient (Wildman–Crippen LogP) is 22.2. The second kappa shape index (κ2) is 37.6. The number of aromatic nitrogens is 4. The second-order valence-corrected chi connectivity index (χ2v) is 31.7. The summed E-state index contributed by atoms with van der Waals surface area (Å²) in [4.78, 5) is 9.82. The number of nitrogens with zero attached hydrogens (tertiary/aromatic N) is 4. The van der Waals surface area contributed by atoms with E-state index < -0.39 is 24.2 Å². The van der Waals surface area contributed by atoms with E-state index in [1.165, 1.54) is 37.1 Å². The molecule has 0 saturated heterocycles. The van der Waals surface area contributed by atoms with Crippen LogP contribution in [0, 0.1) is 19.9 Å². The fraction of sp³-hybridized carbons (Fsp3) is 0.0204. The Bertz CT molecular complexity index is 5080. The van der Waals surface area contributed by atoms with E-state index >= 15 is 0 Å². The maximum Gasteiger partial charge on any atom is 1.00 e. The summed E-state index contributed by atoms with van der Waals surface area (Å²) in [6, 6.07) is 144. The topological polar surface area (TPSA) is 54.1 Å². The molecule has 0 aliphatic carbocycles. The minimum Gasteiger partial charge on any atom is -0.464 e. The number of rotatable bonds is 19. The molecule has 0 amide bonds. The maximum absolute atomic E-state index is 6.87. The SMILES string of the molecule is Cc1cc(OP(c2ccccc2)c2ccccc2)cc(-c2nccn2-c2c(-c3ccccc3)cccc2-c2ccccc2)c1.Cc1cc(O[PH+](c2ccccc2)c2ccccc2)[c-]c(-c2nccn2-c2c(-c3ccccc3)cccc2-c2ccccc2)c1.[Os+].[Os].c1ccc(P(c2ccccc2)c2ccccc2)cc1. The van der Waals surface area contributed by atoms with Gasteiger partial charge in [0.05, 0.1) is 22.9 Å². The van der Waals surface area contributed by atoms with Gasteiger partial charge in [-0.15, -0.1) is 17.2 Å². The summed E-state index contributed by atoms with van der Waals surface area (Å²) in [6.07, 6.45) is 7.86. The van der Waals surface area contributed by atoms with Gasteiger partial charge in [0, 0.05) is 83.0 Å². The number of para-hydroxylation sites is 2. The fourth-order valence-electron chi connectivity index (χ4n) is 13.4. The van der Waals surface area contributed by atoms with Crippen molar-refractivity contribution in [1.29, 1.82) is 0 Å². The Kier molecular flexibility index (Phi) is 26.3. The van der Waals surface area contributed by atoms with Crippen molar-refractivity contribution < 1.29 is 48.6 Å². The molecule has 17 aromatic rings. The van der Waals surface area contributed by atoms with E-state index in [0.29, 0.717) is 0 Å². The molecule has 0 unspecified atom stereocenters. The first-order chi connectivity index (χ1) is 52.9. The smallest absolute Gasteiger partial charge is 0.464 e. The van der Waals surface area contributed by atoms with Crippen LogP contribution in [0.4, 0.5) is 0 Å². The van der Waals surface area contributed by atoms with Crippen molar-refractivity contribution in [2.24, 2.45) is 0 Å². The molecular weight excluding hydrogens is 1740 g/mol. The molecular formula is C98H77N4O2Os2P3+. The van der Waals surface area contributed by atoms with Gasteiger partial charge in [0.15, 0.2) is 8.15 Å². The van der Waals surface area contributed by atoms with Crippen LogP contribution in [-0.4, -0.2) is 19.1 Å². The zero-order valence-electron chi connectivity index (χ0n) is 60.1. The summed E-state index contributed by atoms with van der Waals surface area (Å²) in [6.45, 7) is 4.21. The molecule has 15 aromatic carbocycles. The largest absolute Gasteiger partial charge is 1.00 e. The number of hydrogen-bond donors (Lipinski definition) is 0. The summed E-state index contributed by atoms with van der Waals surface area (Å²) in [7, 11) is -3.06. The summed E-state index contributed by atoms with van der Waals surface area (Å²) in [5.41, 5.74) is 15.4. The predicted molar refractivity (Wildman–Crippen MR) is 454 cm³/mol. The van der Waals surface area contributed by atoms with E-state index in [-0.39, 0.29) is 39.6 Å². The van der Waals surface area contributed by atoms with Crippen LogP contribution < -0.4 is 46.2 Å². The zero-order chi connectivity index (χ0) is 72.4. The average molecular weight is 1820 g/mol. The summed E-state index contributed by atoms with van der Waals surface area (Å²) in [5, 5.41) is 8.90. The van der Waals surface area contributed by atoms with Gasteiger partial charge in [-0.25, -0.2) is 4.98 Å². The Hall–Kier alpha value is -11.1. The number of aryl methyl sites for hydroxylation is 2. The van der Waals surface area contributed by atoms with Crippen molar-refractivity contribution in [3.05, 3.63) is 442 Å². The molecule has 0 saturated carbocycles. The second-order valence-electron chi connectivity index (χ2n) is 25.6. The van der Waals surface area contributed by atoms with Crippen LogP contribution >= 0.6 is 24.2 Å². The Morgan fingerprint density at radius 3 is 1.02 bits per heavy atom. The number of imidazole rings is 2. The molecule has 2 heterocycles. The molecule has 1 radical (unpaired) electrons. The van der Waals surface area contributed by atoms with Crippen LogP contribution in [0.15, 0.2) is 425 Å². The third kappa shape index (κ3) is 18.5. The van der Waals surface area contributed by atoms with Crippen LogP contribution in [-0.2, 0) is 39.6 Å². The normalized spacial score (nSPS) is 10.8. The van der Waals surface area contributed by atoms with E-state index in [1.54, 1.807) is 0 Å². The molecule has 0 fully saturated rings. The molecule has 2 aromatic heterocycles. The third-order valence-electron chi connectivity index (χ3n) is 18.2. The molecule has 531 valence electrons. The molecule has 11 heteroatoms. The van der Waals surface area contributed by atoms with Gasteiger partial charge in [-0.1, -0.05) is 365 Å². The van der Waals surface area contributed by atoms with Crippen LogP contribution in [0.25, 0.3) is 78.7 Å². The van der Waals surface area contributed by atoms with Gasteiger partial charge >= 0.3 is 19.8 Å². The average Bonchev–Trinajstić information content (AvgIpc) is 1.66. The summed E-state index contributed by atoms with van der Waals surface area (Å²) >= 11 is 0. The van der Waals surface area contributed by atoms with E-state index in [2.05, 4.69) is 411 Å². The Labute approximate surface area is 670 Å². The van der Waals surface area contributed by atoms with Crippen LogP contribution in [0.1, 0.15) is 11.1 Å². The van der Waals surface area contributed by atoms with E-state index in [0.717, 1.165) is 101 Å². The molecule has 0 aliphatic rings. The van der Waals surface area contributed by atoms with Crippen molar-refractivity contribution >= 4 is 61.4 Å². The van der Waals surface area contributed by atoms with Gasteiger partial charge in [0.1, 0.15) is 22.2 Å². The molecule has 0 spiro atoms. The van der Waals surface area contributed by atoms with Gasteiger partial charge in [-0.2, -0.15) is 0 Å². The minimum atomic E-state index is -1.56. The number of benzene rings is 15. The summed E-state index contributed by atoms with van der Waals surface area (Å²) < 4.78 is 18.1. The Morgan fingerprint density at radius 2 is 0.642 bits per heavy atom. The van der Waals surface area contributed by atoms with Gasteiger partial charge < -0.3 is 13.6 Å². The quantitative estimate of drug-likeness (QED) is 0.0598. The molecule has 0 aliphatic heterocycles. The molecule has 0 atom stereocenters. The van der Waals surface area contributed by atoms with Gasteiger partial charge in [0.2, 0.25) is 8.15 Å². The molecule has 17 rings (SSSR count). The maximum atomic E-state index is 6.87. The molecule has 0 N–H and O–H groups in total. The van der Waals surface area contributed by atoms with E-state index in [1.807, 2.05) is 42.9 Å². The van der Waals surface area contributed by atoms with Gasteiger partial charge in [0.25, 0.3) is 0 Å². The van der Waals surface area contributed by atoms with E-state index in [9.17, 15) is 0 Å². The standard InChI is InChI=1S/C40H31N2OP.C40H30N2OP.C18H15P.2Os/c2*1-30-27-33(29-34(28-30)43-44(35-19-10-4-11-20-35)36-21-12-5-13-22-36)40-41-25-26-42(40)39-37(31-15-6-2-7-16-31)23-14-24-38(39)32-17-8-3-9-18-32;1-4-10-16(11-5-1)19(17-12-6-2-7-13-17)18-14-8-3-9-15-18;;/h2-29H,1H3;2-28H,1H3;1-15H;;/q;-1;;;+1/p+1. The van der Waals surface area contributed by atoms with Crippen molar-refractivity contribution in [3.63, 3.8) is 0 Å². The minimum absolute atomic E-state index is 0. The first kappa shape index (κ1) is 76.1. The Morgan fingerprint density at radius 1 is 0.321 bits per heavy atom. The molecule has 6 nitrogen and oxygen atoms in total. The third-order valence-corrected chi connectivity index (χ3v) is 24.7. The van der Waals surface area contributed by atoms with Crippen LogP contribution in [0.2, 0.25) is 0 Å². The first-order valence-corrected chi connectivity index (χ1v) is 39.9.